The van der Waals surface area contributed by atoms with Gasteiger partial charge < -0.3 is 31.5 Å². The number of likely N-dealkylation sites (tertiary alicyclic amines) is 1. The molecule has 0 aliphatic carbocycles. The van der Waals surface area contributed by atoms with Gasteiger partial charge in [-0.3, -0.25) is 14.4 Å². The van der Waals surface area contributed by atoms with Gasteiger partial charge in [0.15, 0.2) is 0 Å². The largest absolute Gasteiger partial charge is 0.490 e. The Morgan fingerprint density at radius 2 is 1.77 bits per heavy atom. The van der Waals surface area contributed by atoms with E-state index in [1.165, 1.54) is 4.90 Å². The molecular weight excluding hydrogens is 591 g/mol. The SMILES string of the molecule is Cc1ncsc1-c1ccc(CNC(=O)[C@@H]2C[C@@H](O)CN2C(=O)[C@@H](NC(=O)CCCN)C(C)(C)C)cc1.O=C(O)C(F)(F)F. The number of benzene rings is 1. The first-order valence-electron chi connectivity index (χ1n) is 13.5. The maximum absolute atomic E-state index is 13.5. The Hall–Kier alpha value is -3.56. The van der Waals surface area contributed by atoms with Crippen LogP contribution in [0.5, 0.6) is 0 Å². The van der Waals surface area contributed by atoms with E-state index in [1.54, 1.807) is 11.3 Å². The second kappa shape index (κ2) is 15.3. The molecule has 3 rings (SSSR count). The molecule has 0 unspecified atom stereocenters. The van der Waals surface area contributed by atoms with Crippen molar-refractivity contribution in [1.82, 2.24) is 20.5 Å². The van der Waals surface area contributed by atoms with Crippen LogP contribution in [0.3, 0.4) is 0 Å². The summed E-state index contributed by atoms with van der Waals surface area (Å²) in [6.45, 7) is 8.28. The number of nitrogens with two attached hydrogens (primary N) is 1. The molecule has 0 radical (unpaired) electrons. The van der Waals surface area contributed by atoms with Gasteiger partial charge in [-0.25, -0.2) is 9.78 Å². The highest BCUT2D eigenvalue weighted by atomic mass is 32.1. The summed E-state index contributed by atoms with van der Waals surface area (Å²) in [4.78, 5) is 54.7. The smallest absolute Gasteiger partial charge is 0.475 e. The molecule has 0 spiro atoms. The van der Waals surface area contributed by atoms with Gasteiger partial charge in [-0.2, -0.15) is 13.2 Å². The number of carboxylic acids is 1. The number of aryl methyl sites for hydroxylation is 1. The molecule has 6 N–H and O–H groups in total. The number of carboxylic acid groups (broad SMARTS) is 1. The summed E-state index contributed by atoms with van der Waals surface area (Å²) in [5.41, 5.74) is 9.71. The van der Waals surface area contributed by atoms with E-state index in [1.807, 2.05) is 57.5 Å². The summed E-state index contributed by atoms with van der Waals surface area (Å²) in [5.74, 6) is -3.71. The van der Waals surface area contributed by atoms with E-state index in [0.29, 0.717) is 19.5 Å². The topological polar surface area (TPSA) is 175 Å². The lowest BCUT2D eigenvalue weighted by Gasteiger charge is -2.35. The third kappa shape index (κ3) is 10.6. The van der Waals surface area contributed by atoms with Crippen molar-refractivity contribution in [2.75, 3.05) is 13.1 Å². The van der Waals surface area contributed by atoms with Gasteiger partial charge in [-0.05, 0) is 36.4 Å². The molecule has 1 saturated heterocycles. The molecular formula is C28H38F3N5O6S. The van der Waals surface area contributed by atoms with Crippen molar-refractivity contribution in [3.8, 4) is 10.4 Å². The molecule has 43 heavy (non-hydrogen) atoms. The molecule has 238 valence electrons. The standard InChI is InChI=1S/C26H37N5O4S.C2HF3O2/c1-16-22(36-15-29-16)18-9-7-17(8-10-18)13-28-24(34)20-12-19(32)14-31(20)25(35)23(26(2,3)4)30-21(33)6-5-11-27;3-2(4,5)1(6)7/h7-10,15,19-20,23,32H,5-6,11-14,27H2,1-4H3,(H,28,34)(H,30,33);(H,6,7)/t19-,20+,23-;/m1./s1. The number of hydrogen-bond donors (Lipinski definition) is 5. The van der Waals surface area contributed by atoms with Gasteiger partial charge >= 0.3 is 12.1 Å². The minimum absolute atomic E-state index is 0.0467. The van der Waals surface area contributed by atoms with Crippen LogP contribution in [0.25, 0.3) is 10.4 Å². The van der Waals surface area contributed by atoms with Crippen molar-refractivity contribution in [3.05, 3.63) is 41.0 Å². The zero-order valence-electron chi connectivity index (χ0n) is 24.4. The number of nitrogens with zero attached hydrogens (tertiary/aromatic N) is 2. The third-order valence-electron chi connectivity index (χ3n) is 6.56. The lowest BCUT2D eigenvalue weighted by molar-refractivity contribution is -0.192. The van der Waals surface area contributed by atoms with E-state index in [2.05, 4.69) is 15.6 Å². The lowest BCUT2D eigenvalue weighted by atomic mass is 9.85. The molecule has 1 fully saturated rings. The minimum Gasteiger partial charge on any atom is -0.475 e. The zero-order valence-corrected chi connectivity index (χ0v) is 25.2. The number of carbonyl (C=O) groups excluding carboxylic acids is 3. The number of aliphatic carboxylic acids is 1. The number of nitrogens with one attached hydrogen (secondary N) is 2. The molecule has 1 aliphatic rings. The van der Waals surface area contributed by atoms with Crippen molar-refractivity contribution >= 4 is 35.0 Å². The van der Waals surface area contributed by atoms with Crippen molar-refractivity contribution in [2.24, 2.45) is 11.1 Å². The van der Waals surface area contributed by atoms with Crippen LogP contribution in [-0.2, 0) is 25.7 Å². The fourth-order valence-electron chi connectivity index (χ4n) is 4.28. The zero-order chi connectivity index (χ0) is 32.5. The highest BCUT2D eigenvalue weighted by Gasteiger charge is 2.44. The van der Waals surface area contributed by atoms with E-state index in [0.717, 1.165) is 21.7 Å². The molecule has 1 aliphatic heterocycles. The second-order valence-corrected chi connectivity index (χ2v) is 12.0. The summed E-state index contributed by atoms with van der Waals surface area (Å²) in [7, 11) is 0. The number of β-amino-alcohol motifs (C(OH)–C–C–N with tert-alkyl or cyclic N) is 1. The Balaban J connectivity index is 0.000000821. The quantitative estimate of drug-likeness (QED) is 0.281. The third-order valence-corrected chi connectivity index (χ3v) is 7.54. The Morgan fingerprint density at radius 3 is 2.26 bits per heavy atom. The van der Waals surface area contributed by atoms with E-state index in [4.69, 9.17) is 15.6 Å². The monoisotopic (exact) mass is 629 g/mol. The Labute approximate surface area is 251 Å². The number of thiazole rings is 1. The van der Waals surface area contributed by atoms with Crippen LogP contribution < -0.4 is 16.4 Å². The van der Waals surface area contributed by atoms with E-state index in [-0.39, 0.29) is 37.1 Å². The van der Waals surface area contributed by atoms with Crippen LogP contribution in [0.4, 0.5) is 13.2 Å². The molecule has 11 nitrogen and oxygen atoms in total. The highest BCUT2D eigenvalue weighted by Crippen LogP contribution is 2.28. The number of alkyl halides is 3. The van der Waals surface area contributed by atoms with Crippen LogP contribution in [0, 0.1) is 12.3 Å². The van der Waals surface area contributed by atoms with Gasteiger partial charge in [-0.1, -0.05) is 45.0 Å². The average Bonchev–Trinajstić information content (AvgIpc) is 3.53. The first kappa shape index (κ1) is 35.6. The van der Waals surface area contributed by atoms with Crippen molar-refractivity contribution in [2.45, 2.75) is 77.9 Å². The van der Waals surface area contributed by atoms with Crippen LogP contribution in [0.1, 0.15) is 51.3 Å². The van der Waals surface area contributed by atoms with Crippen LogP contribution in [-0.4, -0.2) is 81.2 Å². The van der Waals surface area contributed by atoms with Crippen LogP contribution in [0.15, 0.2) is 29.8 Å². The second-order valence-electron chi connectivity index (χ2n) is 11.1. The number of halogens is 3. The molecule has 1 aromatic carbocycles. The van der Waals surface area contributed by atoms with Crippen LogP contribution in [0.2, 0.25) is 0 Å². The van der Waals surface area contributed by atoms with Gasteiger partial charge in [-0.15, -0.1) is 11.3 Å². The normalized spacial score (nSPS) is 17.5. The summed E-state index contributed by atoms with van der Waals surface area (Å²) >= 11 is 1.58. The predicted octanol–water partition coefficient (Wildman–Crippen LogP) is 2.60. The lowest BCUT2D eigenvalue weighted by Crippen LogP contribution is -2.57. The summed E-state index contributed by atoms with van der Waals surface area (Å²) < 4.78 is 31.7. The maximum atomic E-state index is 13.5. The van der Waals surface area contributed by atoms with Crippen LogP contribution >= 0.6 is 11.3 Å². The molecule has 2 heterocycles. The minimum atomic E-state index is -5.08. The number of rotatable bonds is 9. The molecule has 15 heteroatoms. The maximum Gasteiger partial charge on any atom is 0.490 e. The summed E-state index contributed by atoms with van der Waals surface area (Å²) in [6.07, 6.45) is -4.99. The molecule has 2 aromatic rings. The number of amides is 3. The number of carbonyl (C=O) groups is 4. The van der Waals surface area contributed by atoms with Gasteiger partial charge in [0.1, 0.15) is 12.1 Å². The van der Waals surface area contributed by atoms with Gasteiger partial charge in [0, 0.05) is 25.9 Å². The van der Waals surface area contributed by atoms with Crippen molar-refractivity contribution < 1.29 is 42.6 Å². The van der Waals surface area contributed by atoms with E-state index >= 15 is 0 Å². The fraction of sp³-hybridized carbons (Fsp3) is 0.536. The Morgan fingerprint density at radius 1 is 1.16 bits per heavy atom. The Bertz CT molecular complexity index is 1260. The van der Waals surface area contributed by atoms with Gasteiger partial charge in [0.05, 0.1) is 22.2 Å². The predicted molar refractivity (Wildman–Crippen MR) is 154 cm³/mol. The van der Waals surface area contributed by atoms with Crippen molar-refractivity contribution in [3.63, 3.8) is 0 Å². The molecule has 0 saturated carbocycles. The van der Waals surface area contributed by atoms with Crippen molar-refractivity contribution in [1.29, 1.82) is 0 Å². The van der Waals surface area contributed by atoms with E-state index < -0.39 is 35.7 Å². The van der Waals surface area contributed by atoms with Gasteiger partial charge in [0.2, 0.25) is 17.7 Å². The highest BCUT2D eigenvalue weighted by molar-refractivity contribution is 7.13. The summed E-state index contributed by atoms with van der Waals surface area (Å²) in [6, 6.07) is 6.27. The first-order valence-corrected chi connectivity index (χ1v) is 14.4. The number of hydrogen-bond acceptors (Lipinski definition) is 8. The number of aromatic nitrogens is 1. The van der Waals surface area contributed by atoms with Gasteiger partial charge in [0.25, 0.3) is 0 Å². The Kier molecular flexibility index (Phi) is 12.6. The average molecular weight is 630 g/mol. The van der Waals surface area contributed by atoms with E-state index in [9.17, 15) is 32.7 Å². The fourth-order valence-corrected chi connectivity index (χ4v) is 5.09. The first-order chi connectivity index (χ1) is 19.9. The number of aliphatic hydroxyl groups excluding tert-OH is 1. The summed E-state index contributed by atoms with van der Waals surface area (Å²) in [5, 5.41) is 23.1. The molecule has 3 atom stereocenters. The molecule has 1 aromatic heterocycles. The molecule has 0 bridgehead atoms. The molecule has 3 amide bonds. The number of aliphatic hydroxyl groups is 1.